The van der Waals surface area contributed by atoms with Crippen molar-refractivity contribution in [1.29, 1.82) is 0 Å². The number of nitrogens with one attached hydrogen (secondary N) is 4. The van der Waals surface area contributed by atoms with Gasteiger partial charge in [-0.2, -0.15) is 0 Å². The summed E-state index contributed by atoms with van der Waals surface area (Å²) in [6.07, 6.45) is 5.61. The summed E-state index contributed by atoms with van der Waals surface area (Å²) in [5.74, 6) is 4.31. The van der Waals surface area contributed by atoms with E-state index in [2.05, 4.69) is 62.1 Å². The highest BCUT2D eigenvalue weighted by molar-refractivity contribution is 8.76. The number of hydrogen-bond acceptors (Lipinski definition) is 6. The van der Waals surface area contributed by atoms with Crippen LogP contribution in [0.4, 0.5) is 0 Å². The van der Waals surface area contributed by atoms with Crippen molar-refractivity contribution in [3.63, 3.8) is 0 Å². The van der Waals surface area contributed by atoms with Crippen LogP contribution in [0, 0.1) is 25.7 Å². The molecule has 4 aromatic rings. The molecular formula is C36H52N6O2S2. The first-order valence-electron chi connectivity index (χ1n) is 16.8. The molecule has 0 radical (unpaired) electrons. The molecule has 10 heteroatoms. The first-order chi connectivity index (χ1) is 22.0. The molecule has 4 N–H and O–H groups in total. The van der Waals surface area contributed by atoms with Crippen LogP contribution in [0.5, 0.6) is 0 Å². The van der Waals surface area contributed by atoms with E-state index in [1.165, 1.54) is 0 Å². The Kier molecular flexibility index (Phi) is 13.0. The molecule has 4 rings (SSSR count). The van der Waals surface area contributed by atoms with Crippen LogP contribution in [0.15, 0.2) is 24.3 Å². The predicted octanol–water partition coefficient (Wildman–Crippen LogP) is 8.33. The Morgan fingerprint density at radius 1 is 0.696 bits per heavy atom. The van der Waals surface area contributed by atoms with E-state index in [9.17, 15) is 9.59 Å². The van der Waals surface area contributed by atoms with Crippen molar-refractivity contribution >= 4 is 55.5 Å². The SMILES string of the molecule is CCCc1nc2c(C)cc(C(=O)N[C@@H](CSSC[C@@H](CC(C)C)NC(=O)c3cc(C)c4nc(CCC)[nH]c4c3)CC(C)C)cc2[nH]1. The summed E-state index contributed by atoms with van der Waals surface area (Å²) in [5.41, 5.74) is 7.03. The Balaban J connectivity index is 1.36. The van der Waals surface area contributed by atoms with Crippen LogP contribution >= 0.6 is 21.6 Å². The van der Waals surface area contributed by atoms with Crippen LogP contribution in [-0.4, -0.2) is 55.3 Å². The number of nitrogens with zero attached hydrogens (tertiary/aromatic N) is 2. The molecule has 0 aliphatic heterocycles. The minimum atomic E-state index is -0.0517. The maximum atomic E-state index is 13.4. The van der Waals surface area contributed by atoms with Gasteiger partial charge in [-0.15, -0.1) is 0 Å². The van der Waals surface area contributed by atoms with Gasteiger partial charge in [0.05, 0.1) is 22.1 Å². The van der Waals surface area contributed by atoms with E-state index >= 15 is 0 Å². The van der Waals surface area contributed by atoms with Gasteiger partial charge in [-0.3, -0.25) is 9.59 Å². The second-order valence-corrected chi connectivity index (χ2v) is 16.0. The summed E-state index contributed by atoms with van der Waals surface area (Å²) in [5, 5.41) is 6.61. The number of benzene rings is 2. The van der Waals surface area contributed by atoms with Crippen LogP contribution in [0.3, 0.4) is 0 Å². The molecule has 0 aliphatic carbocycles. The minimum Gasteiger partial charge on any atom is -0.348 e. The molecule has 0 aliphatic rings. The Morgan fingerprint density at radius 3 is 1.43 bits per heavy atom. The second-order valence-electron chi connectivity index (χ2n) is 13.4. The number of aromatic amines is 2. The zero-order valence-electron chi connectivity index (χ0n) is 28.8. The normalized spacial score (nSPS) is 13.2. The zero-order chi connectivity index (χ0) is 33.4. The summed E-state index contributed by atoms with van der Waals surface area (Å²) in [6.45, 7) is 17.1. The smallest absolute Gasteiger partial charge is 0.251 e. The average molecular weight is 665 g/mol. The molecule has 2 aromatic heterocycles. The predicted molar refractivity (Wildman–Crippen MR) is 196 cm³/mol. The molecule has 0 saturated heterocycles. The number of carbonyl (C=O) groups excluding carboxylic acids is 2. The number of aryl methyl sites for hydroxylation is 4. The van der Waals surface area contributed by atoms with Gasteiger partial charge < -0.3 is 20.6 Å². The van der Waals surface area contributed by atoms with Gasteiger partial charge in [0, 0.05) is 47.6 Å². The molecule has 8 nitrogen and oxygen atoms in total. The van der Waals surface area contributed by atoms with Crippen molar-refractivity contribution in [3.05, 3.63) is 58.2 Å². The number of carbonyl (C=O) groups is 2. The molecule has 0 bridgehead atoms. The largest absolute Gasteiger partial charge is 0.348 e. The molecule has 0 saturated carbocycles. The average Bonchev–Trinajstić information content (AvgIpc) is 3.59. The summed E-state index contributed by atoms with van der Waals surface area (Å²) >= 11 is 0. The van der Waals surface area contributed by atoms with Crippen molar-refractivity contribution in [3.8, 4) is 0 Å². The first-order valence-corrected chi connectivity index (χ1v) is 19.3. The van der Waals surface area contributed by atoms with Crippen molar-refractivity contribution in [2.75, 3.05) is 11.5 Å². The lowest BCUT2D eigenvalue weighted by Crippen LogP contribution is -2.38. The number of H-pyrrole nitrogens is 2. The van der Waals surface area contributed by atoms with Gasteiger partial charge in [-0.05, 0) is 86.8 Å². The highest BCUT2D eigenvalue weighted by Crippen LogP contribution is 2.27. The third kappa shape index (κ3) is 9.77. The molecule has 2 atom stereocenters. The number of hydrogen-bond donors (Lipinski definition) is 4. The number of fused-ring (bicyclic) bond motifs is 2. The summed E-state index contributed by atoms with van der Waals surface area (Å²) in [7, 11) is 3.53. The second kappa shape index (κ2) is 16.7. The van der Waals surface area contributed by atoms with E-state index in [4.69, 9.17) is 9.97 Å². The van der Waals surface area contributed by atoms with Gasteiger partial charge in [0.15, 0.2) is 0 Å². The summed E-state index contributed by atoms with van der Waals surface area (Å²) in [4.78, 5) is 43.0. The van der Waals surface area contributed by atoms with Gasteiger partial charge in [0.25, 0.3) is 11.8 Å². The van der Waals surface area contributed by atoms with E-state index in [1.807, 2.05) is 38.1 Å². The molecule has 0 fully saturated rings. The lowest BCUT2D eigenvalue weighted by molar-refractivity contribution is 0.0928. The molecule has 2 amide bonds. The highest BCUT2D eigenvalue weighted by Gasteiger charge is 2.20. The molecule has 2 heterocycles. The topological polar surface area (TPSA) is 116 Å². The third-order valence-corrected chi connectivity index (χ3v) is 10.5. The number of amides is 2. The van der Waals surface area contributed by atoms with Crippen molar-refractivity contribution < 1.29 is 9.59 Å². The molecule has 250 valence electrons. The first kappa shape index (κ1) is 35.9. The van der Waals surface area contributed by atoms with Gasteiger partial charge in [-0.1, -0.05) is 63.1 Å². The van der Waals surface area contributed by atoms with E-state index in [0.717, 1.165) is 94.9 Å². The molecule has 0 spiro atoms. The fourth-order valence-corrected chi connectivity index (χ4v) is 8.45. The monoisotopic (exact) mass is 664 g/mol. The van der Waals surface area contributed by atoms with E-state index in [1.54, 1.807) is 21.6 Å². The Labute approximate surface area is 282 Å². The summed E-state index contributed by atoms with van der Waals surface area (Å²) < 4.78 is 0. The highest BCUT2D eigenvalue weighted by atomic mass is 33.1. The van der Waals surface area contributed by atoms with Gasteiger partial charge in [0.2, 0.25) is 0 Å². The number of aromatic nitrogens is 4. The fraction of sp³-hybridized carbons (Fsp3) is 0.556. The summed E-state index contributed by atoms with van der Waals surface area (Å²) in [6, 6.07) is 7.81. The lowest BCUT2D eigenvalue weighted by atomic mass is 10.0. The van der Waals surface area contributed by atoms with Gasteiger partial charge in [0.1, 0.15) is 11.6 Å². The molecule has 46 heavy (non-hydrogen) atoms. The molecule has 0 unspecified atom stereocenters. The minimum absolute atomic E-state index is 0.0401. The number of imidazole rings is 2. The van der Waals surface area contributed by atoms with Crippen LogP contribution in [-0.2, 0) is 12.8 Å². The van der Waals surface area contributed by atoms with Crippen molar-refractivity contribution in [2.24, 2.45) is 11.8 Å². The Hall–Kier alpha value is -2.98. The van der Waals surface area contributed by atoms with E-state index in [-0.39, 0.29) is 23.9 Å². The quantitative estimate of drug-likeness (QED) is 0.0667. The van der Waals surface area contributed by atoms with E-state index < -0.39 is 0 Å². The Bertz CT molecular complexity index is 1510. The molecule has 2 aromatic carbocycles. The maximum Gasteiger partial charge on any atom is 0.251 e. The van der Waals surface area contributed by atoms with Crippen molar-refractivity contribution in [2.45, 2.75) is 106 Å². The standard InChI is InChI=1S/C36H52N6O2S2/c1-9-11-31-39-29-17-25(15-23(7)33(29)41-31)35(43)37-27(13-21(3)4)19-45-46-20-28(14-22(5)6)38-36(44)26-16-24(8)34-30(18-26)40-32(42-34)12-10-2/h15-18,21-22,27-28H,9-14,19-20H2,1-8H3,(H,37,43)(H,38,44)(H,39,41)(H,40,42)/t27-,28-/m1/s1. The zero-order valence-corrected chi connectivity index (χ0v) is 30.4. The van der Waals surface area contributed by atoms with Crippen LogP contribution in [0.1, 0.15) is 111 Å². The van der Waals surface area contributed by atoms with Gasteiger partial charge in [-0.25, -0.2) is 9.97 Å². The fourth-order valence-electron chi connectivity index (χ4n) is 5.93. The van der Waals surface area contributed by atoms with Crippen LogP contribution < -0.4 is 10.6 Å². The maximum absolute atomic E-state index is 13.4. The van der Waals surface area contributed by atoms with Crippen molar-refractivity contribution in [1.82, 2.24) is 30.6 Å². The lowest BCUT2D eigenvalue weighted by Gasteiger charge is -2.22. The van der Waals surface area contributed by atoms with E-state index in [0.29, 0.717) is 23.0 Å². The van der Waals surface area contributed by atoms with Crippen LogP contribution in [0.2, 0.25) is 0 Å². The molecular weight excluding hydrogens is 613 g/mol. The van der Waals surface area contributed by atoms with Crippen LogP contribution in [0.25, 0.3) is 22.1 Å². The van der Waals surface area contributed by atoms with Gasteiger partial charge >= 0.3 is 0 Å². The Morgan fingerprint density at radius 2 is 1.09 bits per heavy atom. The number of rotatable bonds is 17. The third-order valence-electron chi connectivity index (χ3n) is 7.95.